The molecule has 2 rings (SSSR count). The van der Waals surface area contributed by atoms with Gasteiger partial charge in [0.15, 0.2) is 0 Å². The minimum atomic E-state index is -1.80. The second-order valence-corrected chi connectivity index (χ2v) is 2.88. The summed E-state index contributed by atoms with van der Waals surface area (Å²) in [6.45, 7) is -1.80. The summed E-state index contributed by atoms with van der Waals surface area (Å²) >= 11 is 0. The van der Waals surface area contributed by atoms with Crippen molar-refractivity contribution in [3.63, 3.8) is 0 Å². The highest BCUT2D eigenvalue weighted by molar-refractivity contribution is 5.22. The van der Waals surface area contributed by atoms with Gasteiger partial charge in [-0.3, -0.25) is 0 Å². The van der Waals surface area contributed by atoms with E-state index in [1.807, 2.05) is 24.3 Å². The van der Waals surface area contributed by atoms with Crippen LogP contribution in [0.15, 0.2) is 60.7 Å². The molecule has 0 atom stereocenters. The maximum absolute atomic E-state index is 7.85. The summed E-state index contributed by atoms with van der Waals surface area (Å²) in [6, 6.07) is 17.8. The topological polar surface area (TPSA) is 9.23 Å². The molecule has 0 radical (unpaired) electrons. The predicted molar refractivity (Wildman–Crippen MR) is 57.2 cm³/mol. The van der Waals surface area contributed by atoms with Crippen LogP contribution < -0.4 is 4.74 Å². The predicted octanol–water partition coefficient (Wildman–Crippen LogP) is 3.27. The molecular formula is C13H12O. The van der Waals surface area contributed by atoms with E-state index in [0.29, 0.717) is 11.3 Å². The molecule has 1 heteroatoms. The van der Waals surface area contributed by atoms with E-state index in [0.717, 1.165) is 0 Å². The van der Waals surface area contributed by atoms with Crippen molar-refractivity contribution < 1.29 is 7.48 Å². The Bertz CT molecular complexity index is 440. The smallest absolute Gasteiger partial charge is 0.119 e. The lowest BCUT2D eigenvalue weighted by molar-refractivity contribution is 0.306. The van der Waals surface area contributed by atoms with Crippen LogP contribution >= 0.6 is 0 Å². The quantitative estimate of drug-likeness (QED) is 0.714. The van der Waals surface area contributed by atoms with E-state index in [-0.39, 0.29) is 0 Å². The number of rotatable bonds is 3. The lowest BCUT2D eigenvalue weighted by Gasteiger charge is -2.05. The highest BCUT2D eigenvalue weighted by atomic mass is 16.5. The zero-order chi connectivity index (χ0) is 11.4. The molecule has 0 fully saturated rings. The molecule has 0 aliphatic rings. The lowest BCUT2D eigenvalue weighted by Crippen LogP contribution is -1.94. The summed E-state index contributed by atoms with van der Waals surface area (Å²) in [7, 11) is 0. The molecule has 0 aliphatic heterocycles. The van der Waals surface area contributed by atoms with Crippen LogP contribution in [0.5, 0.6) is 5.75 Å². The van der Waals surface area contributed by atoms with Crippen LogP contribution in [0, 0.1) is 0 Å². The minimum absolute atomic E-state index is 0.513. The Balaban J connectivity index is 2.21. The van der Waals surface area contributed by atoms with Gasteiger partial charge in [-0.05, 0) is 17.7 Å². The van der Waals surface area contributed by atoms with Gasteiger partial charge in [-0.2, -0.15) is 0 Å². The lowest BCUT2D eigenvalue weighted by atomic mass is 10.2. The van der Waals surface area contributed by atoms with Crippen LogP contribution in [0.25, 0.3) is 0 Å². The molecule has 2 aromatic carbocycles. The fourth-order valence-electron chi connectivity index (χ4n) is 1.11. The maximum Gasteiger partial charge on any atom is 0.119 e. The van der Waals surface area contributed by atoms with E-state index in [2.05, 4.69) is 0 Å². The van der Waals surface area contributed by atoms with Gasteiger partial charge >= 0.3 is 0 Å². The maximum atomic E-state index is 7.85. The third-order valence-corrected chi connectivity index (χ3v) is 1.80. The summed E-state index contributed by atoms with van der Waals surface area (Å²) in [6.07, 6.45) is 0. The third-order valence-electron chi connectivity index (χ3n) is 1.80. The van der Waals surface area contributed by atoms with Gasteiger partial charge in [0.2, 0.25) is 0 Å². The van der Waals surface area contributed by atoms with Gasteiger partial charge in [-0.15, -0.1) is 0 Å². The Labute approximate surface area is 86.8 Å². The molecule has 0 aliphatic carbocycles. The van der Waals surface area contributed by atoms with E-state index in [9.17, 15) is 0 Å². The van der Waals surface area contributed by atoms with Crippen molar-refractivity contribution in [1.82, 2.24) is 0 Å². The van der Waals surface area contributed by atoms with Crippen molar-refractivity contribution in [3.05, 3.63) is 66.2 Å². The first-order chi connectivity index (χ1) is 7.68. The van der Waals surface area contributed by atoms with Crippen LogP contribution in [0.4, 0.5) is 0 Å². The van der Waals surface area contributed by atoms with Gasteiger partial charge in [-0.25, -0.2) is 0 Å². The summed E-state index contributed by atoms with van der Waals surface area (Å²) < 4.78 is 21.0. The summed E-state index contributed by atoms with van der Waals surface area (Å²) in [5.41, 5.74) is 0.513. The number of hydrogen-bond donors (Lipinski definition) is 0. The number of para-hydroxylation sites is 1. The van der Waals surface area contributed by atoms with E-state index in [4.69, 9.17) is 7.48 Å². The zero-order valence-corrected chi connectivity index (χ0v) is 7.68. The number of hydrogen-bond acceptors (Lipinski definition) is 1. The van der Waals surface area contributed by atoms with E-state index in [1.54, 1.807) is 36.4 Å². The average molecular weight is 186 g/mol. The number of ether oxygens (including phenoxy) is 1. The Morgan fingerprint density at radius 2 is 1.43 bits per heavy atom. The molecule has 0 heterocycles. The first-order valence-electron chi connectivity index (χ1n) is 5.48. The van der Waals surface area contributed by atoms with Gasteiger partial charge < -0.3 is 4.74 Å². The van der Waals surface area contributed by atoms with E-state index >= 15 is 0 Å². The molecule has 70 valence electrons. The van der Waals surface area contributed by atoms with E-state index < -0.39 is 6.56 Å². The van der Waals surface area contributed by atoms with Crippen molar-refractivity contribution in [2.24, 2.45) is 0 Å². The molecule has 0 saturated carbocycles. The van der Waals surface area contributed by atoms with Gasteiger partial charge in [0.05, 0.1) is 2.74 Å². The van der Waals surface area contributed by atoms with Gasteiger partial charge in [0.1, 0.15) is 12.3 Å². The van der Waals surface area contributed by atoms with Crippen molar-refractivity contribution in [2.75, 3.05) is 0 Å². The molecule has 0 N–H and O–H groups in total. The molecule has 0 aromatic heterocycles. The SMILES string of the molecule is [2H]C([2H])(Oc1ccccc1)c1ccccc1. The normalized spacial score (nSPS) is 12.9. The Morgan fingerprint density at radius 3 is 2.07 bits per heavy atom. The molecule has 0 unspecified atom stereocenters. The molecule has 1 nitrogen and oxygen atoms in total. The second-order valence-electron chi connectivity index (χ2n) is 2.88. The Hall–Kier alpha value is -1.76. The Morgan fingerprint density at radius 1 is 0.857 bits per heavy atom. The first kappa shape index (κ1) is 6.66. The summed E-state index contributed by atoms with van der Waals surface area (Å²) in [5.74, 6) is 0.524. The first-order valence-corrected chi connectivity index (χ1v) is 4.48. The largest absolute Gasteiger partial charge is 0.489 e. The minimum Gasteiger partial charge on any atom is -0.489 e. The monoisotopic (exact) mass is 186 g/mol. The van der Waals surface area contributed by atoms with Crippen LogP contribution in [0.2, 0.25) is 0 Å². The highest BCUT2D eigenvalue weighted by Gasteiger charge is 1.92. The van der Waals surface area contributed by atoms with Crippen LogP contribution in [-0.2, 0) is 6.56 Å². The molecule has 14 heavy (non-hydrogen) atoms. The van der Waals surface area contributed by atoms with Crippen molar-refractivity contribution in [3.8, 4) is 5.75 Å². The van der Waals surface area contributed by atoms with Gasteiger partial charge in [0, 0.05) is 0 Å². The van der Waals surface area contributed by atoms with Crippen LogP contribution in [0.3, 0.4) is 0 Å². The molecular weight excluding hydrogens is 172 g/mol. The fraction of sp³-hybridized carbons (Fsp3) is 0.0769. The van der Waals surface area contributed by atoms with Crippen LogP contribution in [-0.4, -0.2) is 0 Å². The van der Waals surface area contributed by atoms with Crippen molar-refractivity contribution in [2.45, 2.75) is 6.56 Å². The number of benzene rings is 2. The highest BCUT2D eigenvalue weighted by Crippen LogP contribution is 2.10. The van der Waals surface area contributed by atoms with E-state index in [1.165, 1.54) is 0 Å². The standard InChI is InChI=1S/C13H12O/c1-3-7-12(8-4-1)11-14-13-9-5-2-6-10-13/h1-10H,11H2/i11D2. The molecule has 0 spiro atoms. The average Bonchev–Trinajstić information content (AvgIpc) is 2.31. The van der Waals surface area contributed by atoms with Crippen molar-refractivity contribution >= 4 is 0 Å². The molecule has 0 amide bonds. The summed E-state index contributed by atoms with van der Waals surface area (Å²) in [5, 5.41) is 0. The Kier molecular flexibility index (Phi) is 2.13. The zero-order valence-electron chi connectivity index (χ0n) is 9.68. The van der Waals surface area contributed by atoms with Gasteiger partial charge in [0.25, 0.3) is 0 Å². The molecule has 0 saturated heterocycles. The third kappa shape index (κ3) is 2.36. The molecule has 2 aromatic rings. The second kappa shape index (κ2) is 4.47. The summed E-state index contributed by atoms with van der Waals surface area (Å²) in [4.78, 5) is 0. The molecule has 0 bridgehead atoms. The fourth-order valence-corrected chi connectivity index (χ4v) is 1.11. The van der Waals surface area contributed by atoms with Gasteiger partial charge in [-0.1, -0.05) is 48.5 Å². The van der Waals surface area contributed by atoms with Crippen LogP contribution in [0.1, 0.15) is 8.30 Å². The van der Waals surface area contributed by atoms with Crippen molar-refractivity contribution in [1.29, 1.82) is 0 Å².